The van der Waals surface area contributed by atoms with Crippen LogP contribution in [0.15, 0.2) is 0 Å². The van der Waals surface area contributed by atoms with Gasteiger partial charge in [0.25, 0.3) is 0 Å². The number of hydrogen-bond acceptors (Lipinski definition) is 3. The molecule has 0 rings (SSSR count). The van der Waals surface area contributed by atoms with E-state index in [-0.39, 0.29) is 6.10 Å². The highest BCUT2D eigenvalue weighted by atomic mass is 16.5. The first-order valence-electron chi connectivity index (χ1n) is 13.1. The zero-order valence-corrected chi connectivity index (χ0v) is 20.0. The molecule has 2 unspecified atom stereocenters. The van der Waals surface area contributed by atoms with Crippen molar-refractivity contribution in [3.63, 3.8) is 0 Å². The Labute approximate surface area is 183 Å². The summed E-state index contributed by atoms with van der Waals surface area (Å²) in [6.45, 7) is 4.65. The molecule has 2 atom stereocenters. The number of aliphatic hydroxyl groups excluding tert-OH is 2. The summed E-state index contributed by atoms with van der Waals surface area (Å²) < 4.78 is 5.25. The molecule has 176 valence electrons. The van der Waals surface area contributed by atoms with Gasteiger partial charge in [0, 0.05) is 0 Å². The van der Waals surface area contributed by atoms with Gasteiger partial charge in [-0.25, -0.2) is 0 Å². The lowest BCUT2D eigenvalue weighted by atomic mass is 10.0. The molecule has 0 spiro atoms. The van der Waals surface area contributed by atoms with E-state index in [1.165, 1.54) is 116 Å². The SMILES string of the molecule is CCCCCCCCCCCCCCCCCCCCCC(O)COCC(C)O. The molecule has 0 fully saturated rings. The third-order valence-electron chi connectivity index (χ3n) is 5.81. The van der Waals surface area contributed by atoms with E-state index < -0.39 is 6.10 Å². The Balaban J connectivity index is 3.08. The average Bonchev–Trinajstić information content (AvgIpc) is 2.69. The third-order valence-corrected chi connectivity index (χ3v) is 5.81. The normalized spacial score (nSPS) is 13.7. The lowest BCUT2D eigenvalue weighted by Gasteiger charge is -2.12. The van der Waals surface area contributed by atoms with Crippen molar-refractivity contribution in [2.75, 3.05) is 13.2 Å². The summed E-state index contributed by atoms with van der Waals surface area (Å²) in [6.07, 6.45) is 26.4. The van der Waals surface area contributed by atoms with Gasteiger partial charge in [0.1, 0.15) is 0 Å². The van der Waals surface area contributed by atoms with Crippen LogP contribution < -0.4 is 0 Å². The maximum absolute atomic E-state index is 9.80. The molecule has 0 saturated heterocycles. The van der Waals surface area contributed by atoms with E-state index in [1.54, 1.807) is 6.92 Å². The maximum Gasteiger partial charge on any atom is 0.0773 e. The molecule has 0 amide bonds. The highest BCUT2D eigenvalue weighted by Crippen LogP contribution is 2.15. The highest BCUT2D eigenvalue weighted by molar-refractivity contribution is 4.56. The second-order valence-electron chi connectivity index (χ2n) is 9.19. The largest absolute Gasteiger partial charge is 0.391 e. The third kappa shape index (κ3) is 25.8. The van der Waals surface area contributed by atoms with Gasteiger partial charge in [0.05, 0.1) is 25.4 Å². The van der Waals surface area contributed by atoms with Crippen LogP contribution in [-0.2, 0) is 4.74 Å². The molecule has 0 aliphatic carbocycles. The van der Waals surface area contributed by atoms with Crippen LogP contribution in [0, 0.1) is 0 Å². The zero-order valence-electron chi connectivity index (χ0n) is 20.0. The minimum atomic E-state index is -0.447. The lowest BCUT2D eigenvalue weighted by Crippen LogP contribution is -2.19. The zero-order chi connectivity index (χ0) is 21.4. The van der Waals surface area contributed by atoms with E-state index >= 15 is 0 Å². The monoisotopic (exact) mass is 414 g/mol. The average molecular weight is 415 g/mol. The van der Waals surface area contributed by atoms with Gasteiger partial charge in [-0.1, -0.05) is 129 Å². The summed E-state index contributed by atoms with van der Waals surface area (Å²) in [5.41, 5.74) is 0. The van der Waals surface area contributed by atoms with Crippen molar-refractivity contribution in [2.24, 2.45) is 0 Å². The van der Waals surface area contributed by atoms with Crippen LogP contribution in [0.25, 0.3) is 0 Å². The molecule has 3 nitrogen and oxygen atoms in total. The Morgan fingerprint density at radius 1 is 0.517 bits per heavy atom. The summed E-state index contributed by atoms with van der Waals surface area (Å²) in [5, 5.41) is 18.9. The van der Waals surface area contributed by atoms with Crippen LogP contribution in [0.2, 0.25) is 0 Å². The van der Waals surface area contributed by atoms with Gasteiger partial charge >= 0.3 is 0 Å². The van der Waals surface area contributed by atoms with Crippen LogP contribution in [0.3, 0.4) is 0 Å². The second-order valence-corrected chi connectivity index (χ2v) is 9.19. The van der Waals surface area contributed by atoms with Crippen molar-refractivity contribution in [1.29, 1.82) is 0 Å². The van der Waals surface area contributed by atoms with Gasteiger partial charge in [-0.2, -0.15) is 0 Å². The van der Waals surface area contributed by atoms with Crippen molar-refractivity contribution in [1.82, 2.24) is 0 Å². The molecule has 0 bridgehead atoms. The van der Waals surface area contributed by atoms with Crippen LogP contribution >= 0.6 is 0 Å². The van der Waals surface area contributed by atoms with Gasteiger partial charge in [-0.15, -0.1) is 0 Å². The minimum Gasteiger partial charge on any atom is -0.391 e. The van der Waals surface area contributed by atoms with Crippen molar-refractivity contribution in [2.45, 2.75) is 154 Å². The smallest absolute Gasteiger partial charge is 0.0773 e. The van der Waals surface area contributed by atoms with E-state index in [0.29, 0.717) is 13.2 Å². The molecule has 0 aliphatic heterocycles. The summed E-state index contributed by atoms with van der Waals surface area (Å²) in [6, 6.07) is 0. The molecular formula is C26H54O3. The van der Waals surface area contributed by atoms with E-state index in [2.05, 4.69) is 6.92 Å². The molecule has 2 N–H and O–H groups in total. The Morgan fingerprint density at radius 3 is 1.21 bits per heavy atom. The van der Waals surface area contributed by atoms with Crippen molar-refractivity contribution in [3.8, 4) is 0 Å². The number of unbranched alkanes of at least 4 members (excludes halogenated alkanes) is 18. The number of rotatable bonds is 24. The standard InChI is InChI=1S/C26H54O3/c1-3-4-5-6-7-8-9-10-11-12-13-14-15-16-17-18-19-20-21-22-26(28)24-29-23-25(2)27/h25-28H,3-24H2,1-2H3. The molecule has 29 heavy (non-hydrogen) atoms. The summed E-state index contributed by atoms with van der Waals surface area (Å²) >= 11 is 0. The fraction of sp³-hybridized carbons (Fsp3) is 1.00. The minimum absolute atomic E-state index is 0.316. The van der Waals surface area contributed by atoms with E-state index in [1.807, 2.05) is 0 Å². The number of ether oxygens (including phenoxy) is 1. The summed E-state index contributed by atoms with van der Waals surface area (Å²) in [5.74, 6) is 0. The molecule has 0 aromatic rings. The van der Waals surface area contributed by atoms with Gasteiger partial charge in [-0.3, -0.25) is 0 Å². The van der Waals surface area contributed by atoms with Gasteiger partial charge in [0.2, 0.25) is 0 Å². The Hall–Kier alpha value is -0.120. The van der Waals surface area contributed by atoms with E-state index in [9.17, 15) is 5.11 Å². The predicted molar refractivity (Wildman–Crippen MR) is 127 cm³/mol. The first-order valence-corrected chi connectivity index (χ1v) is 13.1. The molecule has 0 aromatic heterocycles. The van der Waals surface area contributed by atoms with E-state index in [0.717, 1.165) is 12.8 Å². The van der Waals surface area contributed by atoms with Gasteiger partial charge in [-0.05, 0) is 13.3 Å². The van der Waals surface area contributed by atoms with Gasteiger partial charge < -0.3 is 14.9 Å². The van der Waals surface area contributed by atoms with Crippen LogP contribution in [0.4, 0.5) is 0 Å². The molecule has 0 heterocycles. The first kappa shape index (κ1) is 28.9. The maximum atomic E-state index is 9.80. The summed E-state index contributed by atoms with van der Waals surface area (Å²) in [4.78, 5) is 0. The molecular weight excluding hydrogens is 360 g/mol. The lowest BCUT2D eigenvalue weighted by molar-refractivity contribution is -0.00504. The molecule has 0 aromatic carbocycles. The van der Waals surface area contributed by atoms with E-state index in [4.69, 9.17) is 9.84 Å². The summed E-state index contributed by atoms with van der Waals surface area (Å²) in [7, 11) is 0. The molecule has 0 aliphatic rings. The van der Waals surface area contributed by atoms with Gasteiger partial charge in [0.15, 0.2) is 0 Å². The number of hydrogen-bond donors (Lipinski definition) is 2. The topological polar surface area (TPSA) is 49.7 Å². The van der Waals surface area contributed by atoms with Crippen molar-refractivity contribution in [3.05, 3.63) is 0 Å². The number of aliphatic hydroxyl groups is 2. The predicted octanol–water partition coefficient (Wildman–Crippen LogP) is 7.57. The molecule has 0 saturated carbocycles. The fourth-order valence-electron chi connectivity index (χ4n) is 3.92. The second kappa shape index (κ2) is 24.2. The van der Waals surface area contributed by atoms with Crippen LogP contribution in [0.5, 0.6) is 0 Å². The quantitative estimate of drug-likeness (QED) is 0.160. The molecule has 3 heteroatoms. The Kier molecular flexibility index (Phi) is 24.1. The molecule has 0 radical (unpaired) electrons. The Morgan fingerprint density at radius 2 is 0.862 bits per heavy atom. The fourth-order valence-corrected chi connectivity index (χ4v) is 3.92. The first-order chi connectivity index (χ1) is 14.2. The van der Waals surface area contributed by atoms with Crippen molar-refractivity contribution < 1.29 is 14.9 Å². The van der Waals surface area contributed by atoms with Crippen LogP contribution in [0.1, 0.15) is 142 Å². The highest BCUT2D eigenvalue weighted by Gasteiger charge is 2.05. The van der Waals surface area contributed by atoms with Crippen molar-refractivity contribution >= 4 is 0 Å². The van der Waals surface area contributed by atoms with Crippen LogP contribution in [-0.4, -0.2) is 35.6 Å². The Bertz CT molecular complexity index is 294.